The Balaban J connectivity index is 1.51. The minimum atomic E-state index is -0.328. The van der Waals surface area contributed by atoms with Gasteiger partial charge in [0.25, 0.3) is 0 Å². The monoisotopic (exact) mass is 380 g/mol. The molecule has 0 radical (unpaired) electrons. The fourth-order valence-corrected chi connectivity index (χ4v) is 2.63. The number of hydrogen-bond acceptors (Lipinski definition) is 6. The van der Waals surface area contributed by atoms with E-state index >= 15 is 0 Å². The molecule has 2 aromatic heterocycles. The van der Waals surface area contributed by atoms with Crippen molar-refractivity contribution in [3.8, 4) is 17.1 Å². The van der Waals surface area contributed by atoms with Gasteiger partial charge in [0.15, 0.2) is 5.82 Å². The number of hydrogen-bond donors (Lipinski definition) is 2. The van der Waals surface area contributed by atoms with Crippen molar-refractivity contribution in [2.75, 3.05) is 13.2 Å². The molecule has 1 atom stereocenters. The zero-order valence-corrected chi connectivity index (χ0v) is 15.8. The van der Waals surface area contributed by atoms with Gasteiger partial charge < -0.3 is 15.8 Å². The van der Waals surface area contributed by atoms with E-state index in [4.69, 9.17) is 10.5 Å². The maximum absolute atomic E-state index is 12.3. The van der Waals surface area contributed by atoms with Crippen molar-refractivity contribution < 1.29 is 9.53 Å². The molecule has 0 aliphatic carbocycles. The standard InChI is InChI=1S/C20H24N6O2/c1-15(21)20-24-19(16-7-3-2-4-8-16)25-26(20)14-18(27)23-11-6-12-28-17-9-5-10-22-13-17/h2-5,7-10,13,15H,6,11-12,14,21H2,1H3,(H,23,27)/t15-/m0/s1. The van der Waals surface area contributed by atoms with Gasteiger partial charge in [0.1, 0.15) is 18.1 Å². The van der Waals surface area contributed by atoms with Crippen molar-refractivity contribution in [3.63, 3.8) is 0 Å². The molecular weight excluding hydrogens is 356 g/mol. The second kappa shape index (κ2) is 9.61. The van der Waals surface area contributed by atoms with E-state index in [9.17, 15) is 4.79 Å². The SMILES string of the molecule is C[C@H](N)c1nc(-c2ccccc2)nn1CC(=O)NCCCOc1cccnc1. The number of nitrogens with one attached hydrogen (secondary N) is 1. The van der Waals surface area contributed by atoms with E-state index in [1.807, 2.05) is 49.4 Å². The number of carbonyl (C=O) groups is 1. The molecule has 0 fully saturated rings. The van der Waals surface area contributed by atoms with Crippen molar-refractivity contribution in [2.45, 2.75) is 25.9 Å². The minimum absolute atomic E-state index is 0.0696. The average Bonchev–Trinajstić information content (AvgIpc) is 3.13. The predicted molar refractivity (Wildman–Crippen MR) is 105 cm³/mol. The van der Waals surface area contributed by atoms with Gasteiger partial charge in [-0.05, 0) is 25.5 Å². The number of benzene rings is 1. The second-order valence-electron chi connectivity index (χ2n) is 6.35. The van der Waals surface area contributed by atoms with E-state index in [-0.39, 0.29) is 18.5 Å². The Bertz CT molecular complexity index is 880. The third kappa shape index (κ3) is 5.37. The van der Waals surface area contributed by atoms with Crippen LogP contribution in [0.4, 0.5) is 0 Å². The lowest BCUT2D eigenvalue weighted by molar-refractivity contribution is -0.121. The lowest BCUT2D eigenvalue weighted by Crippen LogP contribution is -2.31. The molecule has 0 spiro atoms. The molecule has 28 heavy (non-hydrogen) atoms. The van der Waals surface area contributed by atoms with Crippen LogP contribution in [0.15, 0.2) is 54.9 Å². The van der Waals surface area contributed by atoms with Crippen molar-refractivity contribution in [3.05, 3.63) is 60.7 Å². The molecule has 0 saturated carbocycles. The highest BCUT2D eigenvalue weighted by atomic mass is 16.5. The lowest BCUT2D eigenvalue weighted by Gasteiger charge is -2.09. The Hall–Kier alpha value is -3.26. The highest BCUT2D eigenvalue weighted by Gasteiger charge is 2.16. The molecule has 3 N–H and O–H groups in total. The fraction of sp³-hybridized carbons (Fsp3) is 0.300. The van der Waals surface area contributed by atoms with Gasteiger partial charge in [-0.25, -0.2) is 9.67 Å². The zero-order valence-electron chi connectivity index (χ0n) is 15.8. The first-order chi connectivity index (χ1) is 13.6. The summed E-state index contributed by atoms with van der Waals surface area (Å²) in [7, 11) is 0. The van der Waals surface area contributed by atoms with Gasteiger partial charge in [0, 0.05) is 18.3 Å². The topological polar surface area (TPSA) is 108 Å². The summed E-state index contributed by atoms with van der Waals surface area (Å²) in [6.45, 7) is 2.90. The lowest BCUT2D eigenvalue weighted by atomic mass is 10.2. The van der Waals surface area contributed by atoms with Crippen LogP contribution in [-0.2, 0) is 11.3 Å². The van der Waals surface area contributed by atoms with E-state index in [1.165, 1.54) is 0 Å². The van der Waals surface area contributed by atoms with Crippen LogP contribution in [0.25, 0.3) is 11.4 Å². The summed E-state index contributed by atoms with van der Waals surface area (Å²) < 4.78 is 7.12. The van der Waals surface area contributed by atoms with Crippen molar-refractivity contribution in [2.24, 2.45) is 5.73 Å². The van der Waals surface area contributed by atoms with Crippen LogP contribution in [0.5, 0.6) is 5.75 Å². The van der Waals surface area contributed by atoms with Gasteiger partial charge in [-0.2, -0.15) is 5.10 Å². The first kappa shape index (κ1) is 19.5. The van der Waals surface area contributed by atoms with Crippen molar-refractivity contribution in [1.29, 1.82) is 0 Å². The van der Waals surface area contributed by atoms with Gasteiger partial charge in [-0.15, -0.1) is 0 Å². The Labute approximate surface area is 163 Å². The molecule has 0 unspecified atom stereocenters. The van der Waals surface area contributed by atoms with Crippen LogP contribution >= 0.6 is 0 Å². The molecule has 3 aromatic rings. The first-order valence-electron chi connectivity index (χ1n) is 9.19. The smallest absolute Gasteiger partial charge is 0.241 e. The molecule has 1 aromatic carbocycles. The number of pyridine rings is 1. The summed E-state index contributed by atoms with van der Waals surface area (Å²) in [5.41, 5.74) is 6.89. The molecule has 1 amide bonds. The summed E-state index contributed by atoms with van der Waals surface area (Å²) in [6, 6.07) is 12.9. The molecular formula is C20H24N6O2. The maximum Gasteiger partial charge on any atom is 0.241 e. The number of ether oxygens (including phenoxy) is 1. The summed E-state index contributed by atoms with van der Waals surface area (Å²) in [5, 5.41) is 7.33. The molecule has 3 rings (SSSR count). The molecule has 0 saturated heterocycles. The maximum atomic E-state index is 12.3. The van der Waals surface area contributed by atoms with Crippen LogP contribution in [0.1, 0.15) is 25.2 Å². The average molecular weight is 380 g/mol. The Morgan fingerprint density at radius 3 is 2.79 bits per heavy atom. The first-order valence-corrected chi connectivity index (χ1v) is 9.19. The largest absolute Gasteiger partial charge is 0.492 e. The van der Waals surface area contributed by atoms with Gasteiger partial charge in [0.2, 0.25) is 5.91 Å². The molecule has 8 nitrogen and oxygen atoms in total. The van der Waals surface area contributed by atoms with Gasteiger partial charge in [-0.3, -0.25) is 9.78 Å². The Morgan fingerprint density at radius 2 is 2.07 bits per heavy atom. The second-order valence-corrected chi connectivity index (χ2v) is 6.35. The summed E-state index contributed by atoms with van der Waals surface area (Å²) >= 11 is 0. The number of aromatic nitrogens is 4. The Morgan fingerprint density at radius 1 is 1.25 bits per heavy atom. The summed E-state index contributed by atoms with van der Waals surface area (Å²) in [4.78, 5) is 20.8. The van der Waals surface area contributed by atoms with E-state index in [0.29, 0.717) is 37.0 Å². The van der Waals surface area contributed by atoms with Gasteiger partial charge >= 0.3 is 0 Å². The molecule has 0 aliphatic heterocycles. The Kier molecular flexibility index (Phi) is 6.69. The quantitative estimate of drug-likeness (QED) is 0.549. The number of rotatable bonds is 9. The van der Waals surface area contributed by atoms with Crippen molar-refractivity contribution >= 4 is 5.91 Å². The van der Waals surface area contributed by atoms with Gasteiger partial charge in [0.05, 0.1) is 18.8 Å². The molecule has 0 aliphatic rings. The van der Waals surface area contributed by atoms with E-state index in [1.54, 1.807) is 17.1 Å². The molecule has 0 bridgehead atoms. The summed E-state index contributed by atoms with van der Waals surface area (Å²) in [5.74, 6) is 1.71. The number of carbonyl (C=O) groups excluding carboxylic acids is 1. The van der Waals surface area contributed by atoms with Crippen LogP contribution in [0.3, 0.4) is 0 Å². The van der Waals surface area contributed by atoms with Crippen LogP contribution < -0.4 is 15.8 Å². The molecule has 8 heteroatoms. The van der Waals surface area contributed by atoms with E-state index in [0.717, 1.165) is 5.56 Å². The van der Waals surface area contributed by atoms with Crippen LogP contribution in [0.2, 0.25) is 0 Å². The number of amides is 1. The third-order valence-electron chi connectivity index (χ3n) is 3.98. The fourth-order valence-electron chi connectivity index (χ4n) is 2.63. The van der Waals surface area contributed by atoms with E-state index < -0.39 is 0 Å². The highest BCUT2D eigenvalue weighted by molar-refractivity contribution is 5.75. The van der Waals surface area contributed by atoms with Gasteiger partial charge in [-0.1, -0.05) is 30.3 Å². The van der Waals surface area contributed by atoms with Crippen molar-refractivity contribution in [1.82, 2.24) is 25.1 Å². The highest BCUT2D eigenvalue weighted by Crippen LogP contribution is 2.17. The predicted octanol–water partition coefficient (Wildman–Crippen LogP) is 1.95. The van der Waals surface area contributed by atoms with Crippen LogP contribution in [-0.4, -0.2) is 38.8 Å². The zero-order chi connectivity index (χ0) is 19.8. The third-order valence-corrected chi connectivity index (χ3v) is 3.98. The van der Waals surface area contributed by atoms with E-state index in [2.05, 4.69) is 20.4 Å². The normalized spacial score (nSPS) is 11.8. The summed E-state index contributed by atoms with van der Waals surface area (Å²) in [6.07, 6.45) is 4.04. The number of nitrogens with two attached hydrogens (primary N) is 1. The molecule has 146 valence electrons. The van der Waals surface area contributed by atoms with Crippen LogP contribution in [0, 0.1) is 0 Å². The number of nitrogens with zero attached hydrogens (tertiary/aromatic N) is 4. The molecule has 2 heterocycles. The minimum Gasteiger partial charge on any atom is -0.492 e.